The maximum Gasteiger partial charge on any atom is 0.207 e. The Bertz CT molecular complexity index is 610. The quantitative estimate of drug-likeness (QED) is 0.900. The average molecular weight is 295 g/mol. The van der Waals surface area contributed by atoms with Crippen LogP contribution in [0.2, 0.25) is 0 Å². The molecule has 0 bridgehead atoms. The van der Waals surface area contributed by atoms with Crippen LogP contribution in [0.5, 0.6) is 0 Å². The van der Waals surface area contributed by atoms with Gasteiger partial charge in [-0.2, -0.15) is 0 Å². The fraction of sp³-hybridized carbons (Fsp3) is 0.400. The van der Waals surface area contributed by atoms with Crippen LogP contribution in [0, 0.1) is 17.5 Å². The van der Waals surface area contributed by atoms with Crippen LogP contribution in [-0.4, -0.2) is 9.55 Å². The molecule has 1 aromatic heterocycles. The molecule has 0 atom stereocenters. The van der Waals surface area contributed by atoms with Gasteiger partial charge >= 0.3 is 0 Å². The highest BCUT2D eigenvalue weighted by atomic mass is 19.1. The fourth-order valence-corrected chi connectivity index (χ4v) is 2.84. The summed E-state index contributed by atoms with van der Waals surface area (Å²) in [6, 6.07) is 1.59. The van der Waals surface area contributed by atoms with E-state index in [1.807, 2.05) is 4.57 Å². The first-order valence-electron chi connectivity index (χ1n) is 7.09. The van der Waals surface area contributed by atoms with Gasteiger partial charge in [-0.3, -0.25) is 0 Å². The lowest BCUT2D eigenvalue weighted by Gasteiger charge is -2.24. The van der Waals surface area contributed by atoms with Crippen LogP contribution in [0.3, 0.4) is 0 Å². The summed E-state index contributed by atoms with van der Waals surface area (Å²) in [5.74, 6) is -2.49. The van der Waals surface area contributed by atoms with Crippen LogP contribution >= 0.6 is 0 Å². The monoisotopic (exact) mass is 295 g/mol. The van der Waals surface area contributed by atoms with Gasteiger partial charge in [-0.15, -0.1) is 0 Å². The minimum Gasteiger partial charge on any atom is -0.321 e. The van der Waals surface area contributed by atoms with E-state index in [4.69, 9.17) is 0 Å². The molecule has 1 N–H and O–H groups in total. The van der Waals surface area contributed by atoms with Gasteiger partial charge in [0.2, 0.25) is 5.95 Å². The highest BCUT2D eigenvalue weighted by Gasteiger charge is 2.19. The lowest BCUT2D eigenvalue weighted by Crippen LogP contribution is -2.15. The molecule has 0 aliphatic heterocycles. The molecule has 0 radical (unpaired) electrons. The van der Waals surface area contributed by atoms with Crippen molar-refractivity contribution in [3.8, 4) is 0 Å². The van der Waals surface area contributed by atoms with E-state index in [0.29, 0.717) is 18.1 Å². The van der Waals surface area contributed by atoms with Crippen LogP contribution < -0.4 is 5.32 Å². The number of anilines is 2. The van der Waals surface area contributed by atoms with Crippen LogP contribution in [-0.2, 0) is 0 Å². The maximum absolute atomic E-state index is 13.7. The molecule has 21 heavy (non-hydrogen) atoms. The van der Waals surface area contributed by atoms with Gasteiger partial charge in [-0.1, -0.05) is 19.3 Å². The number of imidazole rings is 1. The normalized spacial score (nSPS) is 16.1. The number of hydrogen-bond donors (Lipinski definition) is 1. The summed E-state index contributed by atoms with van der Waals surface area (Å²) in [7, 11) is 0. The summed E-state index contributed by atoms with van der Waals surface area (Å²) >= 11 is 0. The Morgan fingerprint density at radius 3 is 2.38 bits per heavy atom. The molecule has 112 valence electrons. The molecule has 1 saturated carbocycles. The number of hydrogen-bond acceptors (Lipinski definition) is 2. The molecule has 6 heteroatoms. The van der Waals surface area contributed by atoms with Crippen molar-refractivity contribution < 1.29 is 13.2 Å². The fourth-order valence-electron chi connectivity index (χ4n) is 2.84. The molecule has 3 nitrogen and oxygen atoms in total. The van der Waals surface area contributed by atoms with Crippen molar-refractivity contribution in [2.24, 2.45) is 0 Å². The molecule has 0 spiro atoms. The number of aromatic nitrogens is 2. The molecular formula is C15H16F3N3. The molecule has 1 heterocycles. The highest BCUT2D eigenvalue weighted by molar-refractivity contribution is 5.55. The molecule has 1 aliphatic rings. The molecular weight excluding hydrogens is 279 g/mol. The second-order valence-electron chi connectivity index (χ2n) is 5.32. The summed E-state index contributed by atoms with van der Waals surface area (Å²) in [4.78, 5) is 4.12. The van der Waals surface area contributed by atoms with Gasteiger partial charge in [0, 0.05) is 30.6 Å². The zero-order chi connectivity index (χ0) is 14.8. The van der Waals surface area contributed by atoms with Crippen molar-refractivity contribution in [1.29, 1.82) is 0 Å². The van der Waals surface area contributed by atoms with E-state index in [1.54, 1.807) is 12.4 Å². The third-order valence-electron chi connectivity index (χ3n) is 3.88. The molecule has 0 unspecified atom stereocenters. The Balaban J connectivity index is 1.87. The molecule has 0 saturated heterocycles. The van der Waals surface area contributed by atoms with E-state index in [0.717, 1.165) is 25.7 Å². The zero-order valence-electron chi connectivity index (χ0n) is 11.5. The highest BCUT2D eigenvalue weighted by Crippen LogP contribution is 2.32. The second-order valence-corrected chi connectivity index (χ2v) is 5.32. The number of nitrogens with zero attached hydrogens (tertiary/aromatic N) is 2. The molecule has 0 amide bonds. The largest absolute Gasteiger partial charge is 0.321 e. The number of halogens is 3. The summed E-state index contributed by atoms with van der Waals surface area (Å²) in [5, 5.41) is 2.65. The van der Waals surface area contributed by atoms with Crippen molar-refractivity contribution >= 4 is 11.6 Å². The lowest BCUT2D eigenvalue weighted by atomic mass is 9.95. The van der Waals surface area contributed by atoms with Gasteiger partial charge in [-0.25, -0.2) is 18.2 Å². The van der Waals surface area contributed by atoms with Crippen molar-refractivity contribution in [2.75, 3.05) is 5.32 Å². The Hall–Kier alpha value is -1.98. The minimum atomic E-state index is -0.967. The molecule has 3 rings (SSSR count). The predicted octanol–water partition coefficient (Wildman–Crippen LogP) is 4.55. The Morgan fingerprint density at radius 2 is 1.71 bits per heavy atom. The number of benzene rings is 1. The van der Waals surface area contributed by atoms with Gasteiger partial charge in [-0.05, 0) is 12.8 Å². The van der Waals surface area contributed by atoms with E-state index >= 15 is 0 Å². The lowest BCUT2D eigenvalue weighted by molar-refractivity contribution is 0.356. The number of rotatable bonds is 3. The molecule has 2 aromatic rings. The second kappa shape index (κ2) is 5.79. The summed E-state index contributed by atoms with van der Waals surface area (Å²) < 4.78 is 42.2. The smallest absolute Gasteiger partial charge is 0.207 e. The molecule has 1 aliphatic carbocycles. The van der Waals surface area contributed by atoms with E-state index in [2.05, 4.69) is 10.3 Å². The van der Waals surface area contributed by atoms with E-state index in [-0.39, 0.29) is 11.7 Å². The zero-order valence-corrected chi connectivity index (χ0v) is 11.5. The van der Waals surface area contributed by atoms with Crippen molar-refractivity contribution in [3.63, 3.8) is 0 Å². The van der Waals surface area contributed by atoms with E-state index < -0.39 is 17.5 Å². The van der Waals surface area contributed by atoms with Gasteiger partial charge in [0.15, 0.2) is 11.6 Å². The van der Waals surface area contributed by atoms with Crippen LogP contribution in [0.25, 0.3) is 0 Å². The Kier molecular flexibility index (Phi) is 3.86. The predicted molar refractivity (Wildman–Crippen MR) is 73.9 cm³/mol. The topological polar surface area (TPSA) is 29.9 Å². The average Bonchev–Trinajstić information content (AvgIpc) is 2.92. The first kappa shape index (κ1) is 14.0. The summed E-state index contributed by atoms with van der Waals surface area (Å²) in [6.45, 7) is 0. The SMILES string of the molecule is Fc1cc(F)c(Nc2nccn2C2CCCCC2)c(F)c1. The maximum atomic E-state index is 13.7. The summed E-state index contributed by atoms with van der Waals surface area (Å²) in [6.07, 6.45) is 8.95. The van der Waals surface area contributed by atoms with Crippen molar-refractivity contribution in [2.45, 2.75) is 38.1 Å². The Labute approximate surface area is 120 Å². The van der Waals surface area contributed by atoms with Crippen molar-refractivity contribution in [1.82, 2.24) is 9.55 Å². The van der Waals surface area contributed by atoms with Gasteiger partial charge in [0.05, 0.1) is 0 Å². The first-order valence-corrected chi connectivity index (χ1v) is 7.09. The molecule has 1 aromatic carbocycles. The van der Waals surface area contributed by atoms with E-state index in [9.17, 15) is 13.2 Å². The van der Waals surface area contributed by atoms with E-state index in [1.165, 1.54) is 6.42 Å². The van der Waals surface area contributed by atoms with Gasteiger partial charge < -0.3 is 9.88 Å². The molecule has 1 fully saturated rings. The van der Waals surface area contributed by atoms with Crippen LogP contribution in [0.15, 0.2) is 24.5 Å². The van der Waals surface area contributed by atoms with Crippen LogP contribution in [0.4, 0.5) is 24.8 Å². The number of nitrogens with one attached hydrogen (secondary N) is 1. The van der Waals surface area contributed by atoms with Gasteiger partial charge in [0.25, 0.3) is 0 Å². The Morgan fingerprint density at radius 1 is 1.05 bits per heavy atom. The third kappa shape index (κ3) is 2.89. The van der Waals surface area contributed by atoms with Crippen LogP contribution in [0.1, 0.15) is 38.1 Å². The third-order valence-corrected chi connectivity index (χ3v) is 3.88. The first-order chi connectivity index (χ1) is 10.1. The summed E-state index contributed by atoms with van der Waals surface area (Å²) in [5.41, 5.74) is -0.375. The standard InChI is InChI=1S/C15H16F3N3/c16-10-8-12(17)14(13(18)9-10)20-15-19-6-7-21(15)11-4-2-1-3-5-11/h6-9,11H,1-5H2,(H,19,20). The minimum absolute atomic E-state index is 0.287. The van der Waals surface area contributed by atoms with Crippen molar-refractivity contribution in [3.05, 3.63) is 42.0 Å². The van der Waals surface area contributed by atoms with Gasteiger partial charge in [0.1, 0.15) is 11.5 Å².